The van der Waals surface area contributed by atoms with Crippen LogP contribution in [0, 0.1) is 0 Å². The lowest BCUT2D eigenvalue weighted by Crippen LogP contribution is -2.50. The van der Waals surface area contributed by atoms with Crippen molar-refractivity contribution < 1.29 is 17.9 Å². The molecule has 6 nitrogen and oxygen atoms in total. The maximum atomic E-state index is 11.5. The van der Waals surface area contributed by atoms with Crippen LogP contribution in [0.1, 0.15) is 12.8 Å². The number of carbonyl (C=O) groups excluding carboxylic acids is 1. The van der Waals surface area contributed by atoms with Crippen molar-refractivity contribution >= 4 is 15.9 Å². The largest absolute Gasteiger partial charge is 0.375 e. The number of methoxy groups -OCH3 is 1. The number of piperidine rings is 1. The molecule has 94 valence electrons. The van der Waals surface area contributed by atoms with Crippen molar-refractivity contribution in [3.63, 3.8) is 0 Å². The van der Waals surface area contributed by atoms with Crippen molar-refractivity contribution in [2.24, 2.45) is 0 Å². The molecule has 1 aliphatic rings. The summed E-state index contributed by atoms with van der Waals surface area (Å²) < 4.78 is 29.4. The van der Waals surface area contributed by atoms with Crippen LogP contribution in [0.5, 0.6) is 0 Å². The summed E-state index contributed by atoms with van der Waals surface area (Å²) in [5.41, 5.74) is 0. The number of ether oxygens (including phenoxy) is 1. The summed E-state index contributed by atoms with van der Waals surface area (Å²) in [6.07, 6.45) is 2.70. The molecular weight excluding hydrogens is 232 g/mol. The fourth-order valence-corrected chi connectivity index (χ4v) is 2.62. The first kappa shape index (κ1) is 13.4. The summed E-state index contributed by atoms with van der Waals surface area (Å²) >= 11 is 0. The van der Waals surface area contributed by atoms with Gasteiger partial charge < -0.3 is 9.64 Å². The Hall–Kier alpha value is -0.660. The third-order valence-electron chi connectivity index (χ3n) is 2.42. The predicted octanol–water partition coefficient (Wildman–Crippen LogP) is -0.827. The number of nitrogens with zero attached hydrogens (tertiary/aromatic N) is 1. The monoisotopic (exact) mass is 250 g/mol. The second-order valence-corrected chi connectivity index (χ2v) is 5.78. The van der Waals surface area contributed by atoms with Crippen molar-refractivity contribution in [2.75, 3.05) is 33.1 Å². The lowest BCUT2D eigenvalue weighted by molar-refractivity contribution is -0.136. The molecule has 1 atom stereocenters. The van der Waals surface area contributed by atoms with E-state index in [0.717, 1.165) is 19.1 Å². The van der Waals surface area contributed by atoms with Crippen molar-refractivity contribution in [1.82, 2.24) is 9.62 Å². The van der Waals surface area contributed by atoms with E-state index in [0.29, 0.717) is 13.1 Å². The number of carbonyl (C=O) groups is 1. The molecule has 1 fully saturated rings. The van der Waals surface area contributed by atoms with Gasteiger partial charge in [-0.3, -0.25) is 4.79 Å². The summed E-state index contributed by atoms with van der Waals surface area (Å²) in [4.78, 5) is 13.2. The van der Waals surface area contributed by atoms with E-state index in [9.17, 15) is 13.2 Å². The lowest BCUT2D eigenvalue weighted by atomic mass is 10.1. The van der Waals surface area contributed by atoms with E-state index in [1.54, 1.807) is 4.90 Å². The Labute approximate surface area is 96.0 Å². The number of amides is 1. The van der Waals surface area contributed by atoms with Gasteiger partial charge in [0.25, 0.3) is 0 Å². The number of nitrogens with one attached hydrogen (secondary N) is 1. The number of rotatable bonds is 4. The molecule has 1 aliphatic heterocycles. The third-order valence-corrected chi connectivity index (χ3v) is 3.18. The van der Waals surface area contributed by atoms with Crippen LogP contribution in [0.2, 0.25) is 0 Å². The Morgan fingerprint density at radius 1 is 1.56 bits per heavy atom. The average molecular weight is 250 g/mol. The molecule has 1 heterocycles. The van der Waals surface area contributed by atoms with Crippen molar-refractivity contribution in [1.29, 1.82) is 0 Å². The minimum atomic E-state index is -3.20. The van der Waals surface area contributed by atoms with E-state index in [2.05, 4.69) is 4.72 Å². The van der Waals surface area contributed by atoms with E-state index in [1.807, 2.05) is 0 Å². The van der Waals surface area contributed by atoms with Gasteiger partial charge in [-0.2, -0.15) is 0 Å². The number of likely N-dealkylation sites (tertiary alicyclic amines) is 1. The zero-order valence-corrected chi connectivity index (χ0v) is 10.4. The first-order valence-corrected chi connectivity index (χ1v) is 7.05. The van der Waals surface area contributed by atoms with Gasteiger partial charge >= 0.3 is 0 Å². The van der Waals surface area contributed by atoms with Gasteiger partial charge in [0.15, 0.2) is 0 Å². The molecule has 0 saturated carbocycles. The van der Waals surface area contributed by atoms with Crippen LogP contribution in [-0.2, 0) is 19.6 Å². The van der Waals surface area contributed by atoms with Gasteiger partial charge in [0.2, 0.25) is 15.9 Å². The SMILES string of the molecule is COCC(=O)N1CCC[C@@H](NS(C)(=O)=O)C1. The van der Waals surface area contributed by atoms with Gasteiger partial charge in [-0.15, -0.1) is 0 Å². The maximum Gasteiger partial charge on any atom is 0.248 e. The quantitative estimate of drug-likeness (QED) is 0.707. The molecule has 7 heteroatoms. The van der Waals surface area contributed by atoms with Crippen LogP contribution in [-0.4, -0.2) is 58.3 Å². The normalized spacial score (nSPS) is 22.1. The molecule has 0 aromatic rings. The van der Waals surface area contributed by atoms with Crippen molar-refractivity contribution in [3.05, 3.63) is 0 Å². The highest BCUT2D eigenvalue weighted by Crippen LogP contribution is 2.10. The molecule has 1 amide bonds. The Bertz CT molecular complexity index is 341. The second-order valence-electron chi connectivity index (χ2n) is 4.00. The third kappa shape index (κ3) is 4.46. The number of hydrogen-bond acceptors (Lipinski definition) is 4. The first-order valence-electron chi connectivity index (χ1n) is 5.16. The summed E-state index contributed by atoms with van der Waals surface area (Å²) in [6, 6.07) is -0.176. The van der Waals surface area contributed by atoms with E-state index < -0.39 is 10.0 Å². The molecule has 0 bridgehead atoms. The molecular formula is C9H18N2O4S. The lowest BCUT2D eigenvalue weighted by Gasteiger charge is -2.32. The van der Waals surface area contributed by atoms with E-state index >= 15 is 0 Å². The molecule has 1 N–H and O–H groups in total. The smallest absolute Gasteiger partial charge is 0.248 e. The zero-order valence-electron chi connectivity index (χ0n) is 9.60. The molecule has 1 saturated heterocycles. The van der Waals surface area contributed by atoms with Gasteiger partial charge in [-0.1, -0.05) is 0 Å². The molecule has 0 unspecified atom stereocenters. The molecule has 0 spiro atoms. The van der Waals surface area contributed by atoms with Crippen LogP contribution in [0.25, 0.3) is 0 Å². The Kier molecular flexibility index (Phi) is 4.69. The Morgan fingerprint density at radius 3 is 2.81 bits per heavy atom. The maximum absolute atomic E-state index is 11.5. The average Bonchev–Trinajstić information content (AvgIpc) is 2.16. The minimum Gasteiger partial charge on any atom is -0.375 e. The standard InChI is InChI=1S/C9H18N2O4S/c1-15-7-9(12)11-5-3-4-8(6-11)10-16(2,13)14/h8,10H,3-7H2,1-2H3/t8-/m1/s1. The molecule has 0 aromatic heterocycles. The fraction of sp³-hybridized carbons (Fsp3) is 0.889. The Balaban J connectivity index is 2.50. The minimum absolute atomic E-state index is 0.0472. The number of sulfonamides is 1. The molecule has 0 radical (unpaired) electrons. The Morgan fingerprint density at radius 2 is 2.25 bits per heavy atom. The van der Waals surface area contributed by atoms with E-state index in [4.69, 9.17) is 4.74 Å². The first-order chi connectivity index (χ1) is 7.42. The van der Waals surface area contributed by atoms with Crippen molar-refractivity contribution in [2.45, 2.75) is 18.9 Å². The molecule has 0 aromatic carbocycles. The van der Waals surface area contributed by atoms with Gasteiger partial charge in [0.05, 0.1) is 6.26 Å². The highest BCUT2D eigenvalue weighted by Gasteiger charge is 2.25. The van der Waals surface area contributed by atoms with E-state index in [1.165, 1.54) is 7.11 Å². The molecule has 16 heavy (non-hydrogen) atoms. The van der Waals surface area contributed by atoms with Crippen LogP contribution >= 0.6 is 0 Å². The van der Waals surface area contributed by atoms with E-state index in [-0.39, 0.29) is 18.6 Å². The van der Waals surface area contributed by atoms with Gasteiger partial charge in [-0.25, -0.2) is 13.1 Å². The number of hydrogen-bond donors (Lipinski definition) is 1. The van der Waals surface area contributed by atoms with Gasteiger partial charge in [-0.05, 0) is 12.8 Å². The zero-order chi connectivity index (χ0) is 12.2. The van der Waals surface area contributed by atoms with Crippen LogP contribution in [0.4, 0.5) is 0 Å². The van der Waals surface area contributed by atoms with Gasteiger partial charge in [0.1, 0.15) is 6.61 Å². The topological polar surface area (TPSA) is 75.7 Å². The fourth-order valence-electron chi connectivity index (χ4n) is 1.82. The predicted molar refractivity (Wildman–Crippen MR) is 59.5 cm³/mol. The van der Waals surface area contributed by atoms with Gasteiger partial charge in [0, 0.05) is 26.2 Å². The molecule has 0 aliphatic carbocycles. The second kappa shape index (κ2) is 5.60. The van der Waals surface area contributed by atoms with Crippen LogP contribution in [0.3, 0.4) is 0 Å². The van der Waals surface area contributed by atoms with Crippen LogP contribution in [0.15, 0.2) is 0 Å². The summed E-state index contributed by atoms with van der Waals surface area (Å²) in [7, 11) is -1.74. The summed E-state index contributed by atoms with van der Waals surface area (Å²) in [5.74, 6) is -0.0949. The highest BCUT2D eigenvalue weighted by atomic mass is 32.2. The highest BCUT2D eigenvalue weighted by molar-refractivity contribution is 7.88. The van der Waals surface area contributed by atoms with Crippen molar-refractivity contribution in [3.8, 4) is 0 Å². The summed E-state index contributed by atoms with van der Waals surface area (Å²) in [6.45, 7) is 1.14. The summed E-state index contributed by atoms with van der Waals surface area (Å²) in [5, 5.41) is 0. The molecule has 1 rings (SSSR count). The van der Waals surface area contributed by atoms with Crippen LogP contribution < -0.4 is 4.72 Å².